The summed E-state index contributed by atoms with van der Waals surface area (Å²) in [5.41, 5.74) is 0. The molecule has 0 atom stereocenters. The third-order valence-corrected chi connectivity index (χ3v) is 16.9. The van der Waals surface area contributed by atoms with Crippen LogP contribution in [-0.4, -0.2) is 0 Å². The summed E-state index contributed by atoms with van der Waals surface area (Å²) in [6, 6.07) is 0. The SMILES string of the molecule is C[CH2][Ti+2]([CH3])([CH3])([CH3])([CH3])([CH3])[C]1=CC=CC1.[Cl-].[Cl-]. The fourth-order valence-corrected chi connectivity index (χ4v) is 6.08. The summed E-state index contributed by atoms with van der Waals surface area (Å²) in [5, 5.41) is 12.8. The molecule has 0 aromatic heterocycles. The van der Waals surface area contributed by atoms with Gasteiger partial charge in [0, 0.05) is 0 Å². The molecule has 3 heteroatoms. The summed E-state index contributed by atoms with van der Waals surface area (Å²) in [5.74, 6) is 0. The Balaban J connectivity index is 0. The molecule has 0 spiro atoms. The van der Waals surface area contributed by atoms with Gasteiger partial charge in [0.15, 0.2) is 0 Å². The first-order chi connectivity index (χ1) is 5.40. The fourth-order valence-electron chi connectivity index (χ4n) is 1.73. The molecule has 1 aliphatic carbocycles. The Hall–Kier alpha value is 0.774. The Morgan fingerprint density at radius 1 is 1.07 bits per heavy atom. The van der Waals surface area contributed by atoms with E-state index in [4.69, 9.17) is 0 Å². The first-order valence-electron chi connectivity index (χ1n) is 5.53. The molecule has 0 aliphatic heterocycles. The third kappa shape index (κ3) is 3.63. The van der Waals surface area contributed by atoms with E-state index >= 15 is 0 Å². The van der Waals surface area contributed by atoms with Crippen LogP contribution < -0.4 is 24.8 Å². The summed E-state index contributed by atoms with van der Waals surface area (Å²) in [4.78, 5) is 0. The van der Waals surface area contributed by atoms with E-state index < -0.39 is 12.7 Å². The van der Waals surface area contributed by atoms with Crippen LogP contribution in [0.5, 0.6) is 0 Å². The Morgan fingerprint density at radius 2 is 1.53 bits per heavy atom. The van der Waals surface area contributed by atoms with Crippen molar-refractivity contribution in [1.29, 1.82) is 0 Å². The monoisotopic (exact) mass is 287 g/mol. The van der Waals surface area contributed by atoms with Gasteiger partial charge < -0.3 is 24.8 Å². The van der Waals surface area contributed by atoms with E-state index in [0.29, 0.717) is 0 Å². The zero-order valence-electron chi connectivity index (χ0n) is 10.9. The molecular formula is C12H25Cl2Ti. The van der Waals surface area contributed by atoms with Crippen molar-refractivity contribution >= 4 is 0 Å². The molecular weight excluding hydrogens is 263 g/mol. The Bertz CT molecular complexity index is 319. The second-order valence-electron chi connectivity index (χ2n) is 9.87. The van der Waals surface area contributed by atoms with Crippen molar-refractivity contribution < 1.29 is 37.6 Å². The van der Waals surface area contributed by atoms with Crippen LogP contribution in [0.25, 0.3) is 0 Å². The van der Waals surface area contributed by atoms with Crippen molar-refractivity contribution in [3.05, 3.63) is 22.1 Å². The van der Waals surface area contributed by atoms with Crippen LogP contribution in [0.2, 0.25) is 30.9 Å². The quantitative estimate of drug-likeness (QED) is 0.588. The average molecular weight is 288 g/mol. The maximum atomic E-state index is 2.55. The molecule has 0 heterocycles. The van der Waals surface area contributed by atoms with E-state index in [0.717, 1.165) is 0 Å². The molecule has 0 unspecified atom stereocenters. The molecule has 1 aliphatic rings. The van der Waals surface area contributed by atoms with Crippen molar-refractivity contribution in [2.24, 2.45) is 0 Å². The Labute approximate surface area is 103 Å². The summed E-state index contributed by atoms with van der Waals surface area (Å²) >= 11 is -3.24. The van der Waals surface area contributed by atoms with E-state index in [9.17, 15) is 0 Å². The molecule has 0 aromatic carbocycles. The molecule has 0 fully saturated rings. The standard InChI is InChI=1S/C5H5.C2H5.5CH3.2ClH.Ti/c1-2-4-5-3-1;1-2;;;;;;;;/h1-3H,4H2;1H2,2H3;5*1H3;2*1H;/q;;;;;;;;;+2/p-2. The van der Waals surface area contributed by atoms with Gasteiger partial charge >= 0.3 is 79.1 Å². The molecule has 0 bridgehead atoms. The van der Waals surface area contributed by atoms with E-state index in [2.05, 4.69) is 51.3 Å². The van der Waals surface area contributed by atoms with Crippen LogP contribution in [-0.2, 0) is 12.7 Å². The second-order valence-corrected chi connectivity index (χ2v) is 37.6. The predicted octanol–water partition coefficient (Wildman–Crippen LogP) is -0.722. The maximum Gasteiger partial charge on any atom is -1.00 e. The van der Waals surface area contributed by atoms with Gasteiger partial charge in [0.2, 0.25) is 0 Å². The van der Waals surface area contributed by atoms with Gasteiger partial charge in [0.1, 0.15) is 0 Å². The molecule has 0 saturated carbocycles. The second kappa shape index (κ2) is 3.16. The first kappa shape index (κ1) is 18.1. The Kier molecular flexibility index (Phi) is 3.83. The van der Waals surface area contributed by atoms with Crippen LogP contribution in [0.1, 0.15) is 13.3 Å². The van der Waals surface area contributed by atoms with Gasteiger partial charge in [-0.3, -0.25) is 0 Å². The number of rotatable bonds is 2. The third-order valence-electron chi connectivity index (χ3n) is 4.55. The number of halogens is 2. The molecule has 91 valence electrons. The van der Waals surface area contributed by atoms with Crippen LogP contribution >= 0.6 is 0 Å². The number of hydrogen-bond donors (Lipinski definition) is 0. The number of allylic oxidation sites excluding steroid dienone is 4. The fraction of sp³-hybridized carbons (Fsp3) is 0.667. The van der Waals surface area contributed by atoms with Crippen LogP contribution in [0.4, 0.5) is 0 Å². The van der Waals surface area contributed by atoms with Crippen LogP contribution in [0.15, 0.2) is 22.1 Å². The van der Waals surface area contributed by atoms with E-state index in [1.807, 2.05) is 0 Å². The molecule has 15 heavy (non-hydrogen) atoms. The topological polar surface area (TPSA) is 0 Å². The minimum Gasteiger partial charge on any atom is -1.00 e. The zero-order chi connectivity index (χ0) is 10.5. The molecule has 0 nitrogen and oxygen atoms in total. The van der Waals surface area contributed by atoms with Crippen LogP contribution in [0.3, 0.4) is 0 Å². The van der Waals surface area contributed by atoms with Gasteiger partial charge in [-0.2, -0.15) is 0 Å². The first-order valence-corrected chi connectivity index (χ1v) is 15.2. The van der Waals surface area contributed by atoms with E-state index in [1.54, 1.807) is 3.88 Å². The van der Waals surface area contributed by atoms with Gasteiger partial charge in [-0.15, -0.1) is 0 Å². The largest absolute Gasteiger partial charge is 1.00 e. The normalized spacial score (nSPS) is 22.3. The van der Waals surface area contributed by atoms with Crippen molar-refractivity contribution in [3.63, 3.8) is 0 Å². The van der Waals surface area contributed by atoms with E-state index in [-0.39, 0.29) is 24.8 Å². The Morgan fingerprint density at radius 3 is 1.80 bits per heavy atom. The summed E-state index contributed by atoms with van der Waals surface area (Å²) in [7, 11) is 0. The van der Waals surface area contributed by atoms with Crippen molar-refractivity contribution in [2.45, 2.75) is 44.2 Å². The molecule has 0 saturated heterocycles. The molecule has 0 N–H and O–H groups in total. The maximum absolute atomic E-state index is 3.24. The van der Waals surface area contributed by atoms with E-state index in [1.165, 1.54) is 11.1 Å². The molecule has 0 radical (unpaired) electrons. The van der Waals surface area contributed by atoms with Gasteiger partial charge in [-0.1, -0.05) is 0 Å². The van der Waals surface area contributed by atoms with Gasteiger partial charge in [-0.05, 0) is 0 Å². The zero-order valence-corrected chi connectivity index (χ0v) is 14.0. The summed E-state index contributed by atoms with van der Waals surface area (Å²) in [6.07, 6.45) is 8.05. The summed E-state index contributed by atoms with van der Waals surface area (Å²) < 4.78 is 3.02. The predicted molar refractivity (Wildman–Crippen MR) is 61.6 cm³/mol. The molecule has 1 rings (SSSR count). The van der Waals surface area contributed by atoms with Crippen LogP contribution in [0, 0.1) is 0 Å². The van der Waals surface area contributed by atoms with Crippen molar-refractivity contribution in [3.8, 4) is 0 Å². The minimum atomic E-state index is -3.24. The average Bonchev–Trinajstić information content (AvgIpc) is 2.36. The molecule has 0 aromatic rings. The smallest absolute Gasteiger partial charge is 1.00 e. The van der Waals surface area contributed by atoms with Crippen molar-refractivity contribution in [2.75, 3.05) is 0 Å². The van der Waals surface area contributed by atoms with Gasteiger partial charge in [-0.25, -0.2) is 0 Å². The minimum absolute atomic E-state index is 0. The molecule has 0 amide bonds. The summed E-state index contributed by atoms with van der Waals surface area (Å²) in [6.45, 7) is 2.36. The van der Waals surface area contributed by atoms with Gasteiger partial charge in [0.25, 0.3) is 0 Å². The van der Waals surface area contributed by atoms with Crippen molar-refractivity contribution in [1.82, 2.24) is 0 Å². The number of hydrogen-bond acceptors (Lipinski definition) is 0. The van der Waals surface area contributed by atoms with Gasteiger partial charge in [0.05, 0.1) is 0 Å².